The monoisotopic (exact) mass is 226 g/mol. The molecule has 2 saturated heterocycles. The molecule has 0 aliphatic carbocycles. The van der Waals surface area contributed by atoms with Gasteiger partial charge in [-0.1, -0.05) is 6.92 Å². The Bertz CT molecular complexity index is 234. The number of methoxy groups -OCH3 is 1. The van der Waals surface area contributed by atoms with Crippen LogP contribution in [0.5, 0.6) is 0 Å². The summed E-state index contributed by atoms with van der Waals surface area (Å²) in [6.07, 6.45) is 2.48. The number of piperidine rings is 1. The molecule has 1 unspecified atom stereocenters. The van der Waals surface area contributed by atoms with E-state index in [2.05, 4.69) is 24.1 Å². The van der Waals surface area contributed by atoms with Gasteiger partial charge in [-0.3, -0.25) is 0 Å². The quantitative estimate of drug-likeness (QED) is 0.786. The number of likely N-dealkylation sites (tertiary alicyclic amines) is 1. The van der Waals surface area contributed by atoms with Crippen molar-refractivity contribution in [3.05, 3.63) is 0 Å². The van der Waals surface area contributed by atoms with Gasteiger partial charge >= 0.3 is 0 Å². The van der Waals surface area contributed by atoms with Gasteiger partial charge in [0.05, 0.1) is 5.60 Å². The second-order valence-corrected chi connectivity index (χ2v) is 5.89. The number of nitrogens with one attached hydrogen (secondary N) is 1. The van der Waals surface area contributed by atoms with Crippen molar-refractivity contribution in [2.24, 2.45) is 11.8 Å². The molecule has 16 heavy (non-hydrogen) atoms. The fraction of sp³-hybridized carbons (Fsp3) is 1.00. The molecule has 2 fully saturated rings. The lowest BCUT2D eigenvalue weighted by Crippen LogP contribution is -2.49. The fourth-order valence-corrected chi connectivity index (χ4v) is 3.07. The molecule has 0 aromatic heterocycles. The summed E-state index contributed by atoms with van der Waals surface area (Å²) in [5, 5.41) is 3.49. The molecule has 1 N–H and O–H groups in total. The average molecular weight is 226 g/mol. The lowest BCUT2D eigenvalue weighted by molar-refractivity contribution is -0.0540. The molecule has 0 spiro atoms. The minimum Gasteiger partial charge on any atom is -0.377 e. The number of rotatable bonds is 3. The Hall–Kier alpha value is -0.120. The molecular weight excluding hydrogens is 200 g/mol. The molecule has 94 valence electrons. The zero-order valence-corrected chi connectivity index (χ0v) is 11.0. The Morgan fingerprint density at radius 1 is 1.44 bits per heavy atom. The van der Waals surface area contributed by atoms with Crippen LogP contribution in [0.3, 0.4) is 0 Å². The van der Waals surface area contributed by atoms with Crippen molar-refractivity contribution in [3.8, 4) is 0 Å². The van der Waals surface area contributed by atoms with E-state index in [-0.39, 0.29) is 5.60 Å². The lowest BCUT2D eigenvalue weighted by Gasteiger charge is -2.40. The number of ether oxygens (including phenoxy) is 1. The summed E-state index contributed by atoms with van der Waals surface area (Å²) in [5.74, 6) is 1.66. The first-order valence-corrected chi connectivity index (χ1v) is 6.61. The largest absolute Gasteiger partial charge is 0.377 e. The van der Waals surface area contributed by atoms with Gasteiger partial charge in [-0.15, -0.1) is 0 Å². The summed E-state index contributed by atoms with van der Waals surface area (Å²) in [6, 6.07) is 0. The van der Waals surface area contributed by atoms with Crippen molar-refractivity contribution in [3.63, 3.8) is 0 Å². The second kappa shape index (κ2) is 5.03. The van der Waals surface area contributed by atoms with Crippen LogP contribution in [-0.2, 0) is 4.74 Å². The van der Waals surface area contributed by atoms with E-state index >= 15 is 0 Å². The zero-order valence-electron chi connectivity index (χ0n) is 11.0. The van der Waals surface area contributed by atoms with E-state index in [4.69, 9.17) is 4.74 Å². The third-order valence-corrected chi connectivity index (χ3v) is 4.40. The van der Waals surface area contributed by atoms with Gasteiger partial charge in [-0.25, -0.2) is 0 Å². The Kier molecular flexibility index (Phi) is 3.88. The molecular formula is C13H26N2O. The van der Waals surface area contributed by atoms with Gasteiger partial charge in [0, 0.05) is 20.2 Å². The second-order valence-electron chi connectivity index (χ2n) is 5.89. The van der Waals surface area contributed by atoms with Crippen LogP contribution in [-0.4, -0.2) is 50.3 Å². The zero-order chi connectivity index (χ0) is 11.6. The van der Waals surface area contributed by atoms with E-state index in [1.807, 2.05) is 7.11 Å². The Balaban J connectivity index is 1.85. The molecule has 2 heterocycles. The van der Waals surface area contributed by atoms with E-state index < -0.39 is 0 Å². The van der Waals surface area contributed by atoms with Crippen LogP contribution >= 0.6 is 0 Å². The summed E-state index contributed by atoms with van der Waals surface area (Å²) < 4.78 is 5.64. The summed E-state index contributed by atoms with van der Waals surface area (Å²) in [6.45, 7) is 10.6. The van der Waals surface area contributed by atoms with Gasteiger partial charge < -0.3 is 15.0 Å². The van der Waals surface area contributed by atoms with Gasteiger partial charge in [-0.2, -0.15) is 0 Å². The number of hydrogen-bond donors (Lipinski definition) is 1. The van der Waals surface area contributed by atoms with Gasteiger partial charge in [0.1, 0.15) is 0 Å². The maximum Gasteiger partial charge on any atom is 0.0777 e. The number of nitrogens with zero attached hydrogens (tertiary/aromatic N) is 1. The molecule has 2 rings (SSSR count). The van der Waals surface area contributed by atoms with Crippen LogP contribution in [0, 0.1) is 11.8 Å². The van der Waals surface area contributed by atoms with Gasteiger partial charge in [0.25, 0.3) is 0 Å². The molecule has 3 heteroatoms. The van der Waals surface area contributed by atoms with E-state index in [1.54, 1.807) is 0 Å². The summed E-state index contributed by atoms with van der Waals surface area (Å²) >= 11 is 0. The maximum atomic E-state index is 5.64. The molecule has 3 atom stereocenters. The van der Waals surface area contributed by atoms with Crippen LogP contribution < -0.4 is 5.32 Å². The Labute approximate surface area is 99.5 Å². The van der Waals surface area contributed by atoms with Crippen LogP contribution in [0.25, 0.3) is 0 Å². The van der Waals surface area contributed by atoms with E-state index in [0.717, 1.165) is 18.4 Å². The van der Waals surface area contributed by atoms with Crippen LogP contribution in [0.15, 0.2) is 0 Å². The Morgan fingerprint density at radius 3 is 2.88 bits per heavy atom. The van der Waals surface area contributed by atoms with Crippen molar-refractivity contribution >= 4 is 0 Å². The van der Waals surface area contributed by atoms with Crippen molar-refractivity contribution in [1.82, 2.24) is 10.2 Å². The van der Waals surface area contributed by atoms with E-state index in [0.29, 0.717) is 0 Å². The molecule has 2 aliphatic rings. The lowest BCUT2D eigenvalue weighted by atomic mass is 9.92. The minimum atomic E-state index is 0.0908. The van der Waals surface area contributed by atoms with Crippen molar-refractivity contribution in [2.75, 3.05) is 39.8 Å². The van der Waals surface area contributed by atoms with Gasteiger partial charge in [0.15, 0.2) is 0 Å². The summed E-state index contributed by atoms with van der Waals surface area (Å²) in [7, 11) is 1.85. The van der Waals surface area contributed by atoms with Crippen molar-refractivity contribution < 1.29 is 4.74 Å². The topological polar surface area (TPSA) is 24.5 Å². The highest BCUT2D eigenvalue weighted by atomic mass is 16.5. The van der Waals surface area contributed by atoms with Gasteiger partial charge in [-0.05, 0) is 51.2 Å². The first-order chi connectivity index (χ1) is 7.63. The van der Waals surface area contributed by atoms with Crippen LogP contribution in [0.2, 0.25) is 0 Å². The molecule has 3 nitrogen and oxygen atoms in total. The Morgan fingerprint density at radius 2 is 2.25 bits per heavy atom. The molecule has 0 saturated carbocycles. The highest BCUT2D eigenvalue weighted by molar-refractivity contribution is 4.88. The van der Waals surface area contributed by atoms with Crippen molar-refractivity contribution in [2.45, 2.75) is 32.3 Å². The smallest absolute Gasteiger partial charge is 0.0777 e. The summed E-state index contributed by atoms with van der Waals surface area (Å²) in [5.41, 5.74) is 0.0908. The van der Waals surface area contributed by atoms with E-state index in [9.17, 15) is 0 Å². The molecule has 0 amide bonds. The molecule has 2 aliphatic heterocycles. The average Bonchev–Trinajstić information content (AvgIpc) is 2.65. The first-order valence-electron chi connectivity index (χ1n) is 6.61. The maximum absolute atomic E-state index is 5.64. The van der Waals surface area contributed by atoms with Crippen molar-refractivity contribution in [1.29, 1.82) is 0 Å². The normalized spacial score (nSPS) is 41.4. The molecule has 0 aromatic carbocycles. The predicted octanol–water partition coefficient (Wildman–Crippen LogP) is 1.34. The molecule has 0 radical (unpaired) electrons. The third kappa shape index (κ3) is 2.76. The minimum absolute atomic E-state index is 0.0908. The van der Waals surface area contributed by atoms with Gasteiger partial charge in [0.2, 0.25) is 0 Å². The SMILES string of the molecule is COC1(C)CCCN(C[C@@H]2CNC[C@H]2C)C1. The standard InChI is InChI=1S/C13H26N2O/c1-11-7-14-8-12(11)9-15-6-4-5-13(2,10-15)16-3/h11-12,14H,4-10H2,1-3H3/t11-,12+,13?/m1/s1. The van der Waals surface area contributed by atoms with Crippen LogP contribution in [0.1, 0.15) is 26.7 Å². The highest BCUT2D eigenvalue weighted by Gasteiger charge is 2.33. The number of hydrogen-bond acceptors (Lipinski definition) is 3. The predicted molar refractivity (Wildman–Crippen MR) is 66.6 cm³/mol. The first kappa shape index (κ1) is 12.3. The van der Waals surface area contributed by atoms with E-state index in [1.165, 1.54) is 39.0 Å². The third-order valence-electron chi connectivity index (χ3n) is 4.40. The van der Waals surface area contributed by atoms with Crippen LogP contribution in [0.4, 0.5) is 0 Å². The highest BCUT2D eigenvalue weighted by Crippen LogP contribution is 2.26. The summed E-state index contributed by atoms with van der Waals surface area (Å²) in [4.78, 5) is 2.60. The molecule has 0 bridgehead atoms. The fourth-order valence-electron chi connectivity index (χ4n) is 3.07. The molecule has 0 aromatic rings.